The van der Waals surface area contributed by atoms with Crippen LogP contribution in [0.3, 0.4) is 0 Å². The molecular formula is C16H20N4O4S3. The van der Waals surface area contributed by atoms with Crippen LogP contribution in [0.1, 0.15) is 17.7 Å². The first-order valence-corrected chi connectivity index (χ1v) is 11.2. The molecule has 146 valence electrons. The SMILES string of the molecule is CNS(=O)(=O)c1ccc(CCC(=O)Nc2nc(C)c(SCC(N)=O)s2)cc1. The number of hydrogen-bond acceptors (Lipinski definition) is 7. The summed E-state index contributed by atoms with van der Waals surface area (Å²) in [5, 5.41) is 3.21. The molecule has 0 aliphatic heterocycles. The molecule has 0 saturated heterocycles. The fourth-order valence-corrected chi connectivity index (χ4v) is 4.72. The van der Waals surface area contributed by atoms with Crippen LogP contribution < -0.4 is 15.8 Å². The Labute approximate surface area is 166 Å². The lowest BCUT2D eigenvalue weighted by atomic mass is 10.1. The summed E-state index contributed by atoms with van der Waals surface area (Å²) in [7, 11) is -2.11. The number of primary amides is 1. The summed E-state index contributed by atoms with van der Waals surface area (Å²) in [5.74, 6) is -0.440. The van der Waals surface area contributed by atoms with Crippen LogP contribution in [0.4, 0.5) is 5.13 Å². The van der Waals surface area contributed by atoms with Crippen molar-refractivity contribution < 1.29 is 18.0 Å². The largest absolute Gasteiger partial charge is 0.369 e. The standard InChI is InChI=1S/C16H20N4O4S3/c1-10-15(25-9-13(17)21)26-16(19-10)20-14(22)8-5-11-3-6-12(7-4-11)27(23,24)18-2/h3-4,6-7,18H,5,8-9H2,1-2H3,(H2,17,21)(H,19,20,22). The molecule has 2 aromatic rings. The number of aromatic nitrogens is 1. The molecule has 0 fully saturated rings. The van der Waals surface area contributed by atoms with Gasteiger partial charge in [-0.3, -0.25) is 9.59 Å². The van der Waals surface area contributed by atoms with Gasteiger partial charge in [-0.15, -0.1) is 11.8 Å². The fraction of sp³-hybridized carbons (Fsp3) is 0.312. The molecule has 0 bridgehead atoms. The zero-order valence-corrected chi connectivity index (χ0v) is 17.3. The molecule has 4 N–H and O–H groups in total. The predicted molar refractivity (Wildman–Crippen MR) is 106 cm³/mol. The number of amides is 2. The Bertz CT molecular complexity index is 924. The molecular weight excluding hydrogens is 408 g/mol. The maximum Gasteiger partial charge on any atom is 0.240 e. The lowest BCUT2D eigenvalue weighted by Gasteiger charge is -2.05. The number of thiazole rings is 1. The van der Waals surface area contributed by atoms with Gasteiger partial charge in [-0.2, -0.15) is 0 Å². The first-order valence-electron chi connectivity index (χ1n) is 7.92. The summed E-state index contributed by atoms with van der Waals surface area (Å²) in [4.78, 5) is 27.4. The van der Waals surface area contributed by atoms with Crippen LogP contribution in [0.15, 0.2) is 33.4 Å². The molecule has 0 spiro atoms. The third kappa shape index (κ3) is 6.31. The van der Waals surface area contributed by atoms with E-state index in [-0.39, 0.29) is 23.0 Å². The number of sulfonamides is 1. The Kier molecular flexibility index (Phi) is 7.36. The maximum atomic E-state index is 12.1. The van der Waals surface area contributed by atoms with Gasteiger partial charge in [0.15, 0.2) is 5.13 Å². The van der Waals surface area contributed by atoms with Gasteiger partial charge in [0.25, 0.3) is 0 Å². The Morgan fingerprint density at radius 1 is 1.26 bits per heavy atom. The first-order chi connectivity index (χ1) is 12.7. The summed E-state index contributed by atoms with van der Waals surface area (Å²) in [5.41, 5.74) is 6.73. The van der Waals surface area contributed by atoms with Gasteiger partial charge in [0.2, 0.25) is 21.8 Å². The Balaban J connectivity index is 1.89. The van der Waals surface area contributed by atoms with Gasteiger partial charge in [0, 0.05) is 6.42 Å². The second-order valence-electron chi connectivity index (χ2n) is 5.55. The normalized spacial score (nSPS) is 11.3. The number of rotatable bonds is 9. The minimum absolute atomic E-state index is 0.162. The smallest absolute Gasteiger partial charge is 0.240 e. The molecule has 0 aliphatic rings. The fourth-order valence-electron chi connectivity index (χ4n) is 2.10. The van der Waals surface area contributed by atoms with Gasteiger partial charge in [-0.1, -0.05) is 23.5 Å². The zero-order chi connectivity index (χ0) is 20.0. The summed E-state index contributed by atoms with van der Waals surface area (Å²) in [6, 6.07) is 6.38. The zero-order valence-electron chi connectivity index (χ0n) is 14.8. The molecule has 27 heavy (non-hydrogen) atoms. The van der Waals surface area contributed by atoms with Crippen LogP contribution in [0.25, 0.3) is 0 Å². The predicted octanol–water partition coefficient (Wildman–Crippen LogP) is 1.51. The third-order valence-corrected chi connectivity index (χ3v) is 7.38. The summed E-state index contributed by atoms with van der Waals surface area (Å²) in [6.45, 7) is 1.80. The second-order valence-corrected chi connectivity index (χ2v) is 9.68. The molecule has 8 nitrogen and oxygen atoms in total. The number of thioether (sulfide) groups is 1. The van der Waals surface area contributed by atoms with Gasteiger partial charge < -0.3 is 11.1 Å². The molecule has 1 heterocycles. The lowest BCUT2D eigenvalue weighted by molar-refractivity contribution is -0.116. The van der Waals surface area contributed by atoms with E-state index in [0.717, 1.165) is 15.5 Å². The highest BCUT2D eigenvalue weighted by atomic mass is 32.2. The first kappa shape index (κ1) is 21.4. The minimum atomic E-state index is -3.47. The van der Waals surface area contributed by atoms with Crippen molar-refractivity contribution in [2.45, 2.75) is 28.9 Å². The van der Waals surface area contributed by atoms with Crippen LogP contribution in [0, 0.1) is 6.92 Å². The molecule has 11 heteroatoms. The number of anilines is 1. The van der Waals surface area contributed by atoms with Crippen molar-refractivity contribution in [2.24, 2.45) is 5.73 Å². The van der Waals surface area contributed by atoms with Crippen LogP contribution >= 0.6 is 23.1 Å². The molecule has 0 atom stereocenters. The van der Waals surface area contributed by atoms with E-state index >= 15 is 0 Å². The Morgan fingerprint density at radius 3 is 2.52 bits per heavy atom. The molecule has 2 rings (SSSR count). The number of benzene rings is 1. The summed E-state index contributed by atoms with van der Waals surface area (Å²) in [6.07, 6.45) is 0.708. The minimum Gasteiger partial charge on any atom is -0.369 e. The monoisotopic (exact) mass is 428 g/mol. The number of nitrogens with one attached hydrogen (secondary N) is 2. The highest BCUT2D eigenvalue weighted by Gasteiger charge is 2.13. The number of hydrogen-bond donors (Lipinski definition) is 3. The highest BCUT2D eigenvalue weighted by Crippen LogP contribution is 2.31. The van der Waals surface area contributed by atoms with E-state index in [1.165, 1.54) is 42.3 Å². The number of carbonyl (C=O) groups is 2. The number of aryl methyl sites for hydroxylation is 2. The van der Waals surface area contributed by atoms with Crippen molar-refractivity contribution in [3.05, 3.63) is 35.5 Å². The van der Waals surface area contributed by atoms with Crippen LogP contribution in [-0.2, 0) is 26.0 Å². The quantitative estimate of drug-likeness (QED) is 0.519. The van der Waals surface area contributed by atoms with Crippen LogP contribution in [0.5, 0.6) is 0 Å². The van der Waals surface area contributed by atoms with Gasteiger partial charge in [0.1, 0.15) is 0 Å². The van der Waals surface area contributed by atoms with Crippen molar-refractivity contribution in [2.75, 3.05) is 18.1 Å². The van der Waals surface area contributed by atoms with Crippen molar-refractivity contribution in [3.8, 4) is 0 Å². The number of nitrogens with zero attached hydrogens (tertiary/aromatic N) is 1. The number of nitrogens with two attached hydrogens (primary N) is 1. The van der Waals surface area contributed by atoms with Crippen molar-refractivity contribution in [1.29, 1.82) is 0 Å². The van der Waals surface area contributed by atoms with E-state index in [1.54, 1.807) is 19.1 Å². The Morgan fingerprint density at radius 2 is 1.93 bits per heavy atom. The second kappa shape index (κ2) is 9.31. The van der Waals surface area contributed by atoms with Crippen molar-refractivity contribution in [3.63, 3.8) is 0 Å². The molecule has 1 aromatic heterocycles. The molecule has 0 saturated carbocycles. The molecule has 0 radical (unpaired) electrons. The van der Waals surface area contributed by atoms with E-state index in [1.807, 2.05) is 0 Å². The van der Waals surface area contributed by atoms with E-state index in [9.17, 15) is 18.0 Å². The summed E-state index contributed by atoms with van der Waals surface area (Å²) >= 11 is 2.59. The van der Waals surface area contributed by atoms with Crippen molar-refractivity contribution in [1.82, 2.24) is 9.71 Å². The van der Waals surface area contributed by atoms with E-state index in [4.69, 9.17) is 5.73 Å². The molecule has 0 aliphatic carbocycles. The van der Waals surface area contributed by atoms with Gasteiger partial charge in [-0.05, 0) is 38.1 Å². The van der Waals surface area contributed by atoms with Crippen molar-refractivity contribution >= 4 is 50.1 Å². The maximum absolute atomic E-state index is 12.1. The summed E-state index contributed by atoms with van der Waals surface area (Å²) < 4.78 is 26.5. The highest BCUT2D eigenvalue weighted by molar-refractivity contribution is 8.01. The molecule has 0 unspecified atom stereocenters. The Hall–Kier alpha value is -1.95. The number of carbonyl (C=O) groups excluding carboxylic acids is 2. The van der Waals surface area contributed by atoms with E-state index in [2.05, 4.69) is 15.0 Å². The molecule has 2 amide bonds. The average Bonchev–Trinajstić information content (AvgIpc) is 2.97. The van der Waals surface area contributed by atoms with Crippen LogP contribution in [-0.4, -0.2) is 38.0 Å². The van der Waals surface area contributed by atoms with Gasteiger partial charge >= 0.3 is 0 Å². The van der Waals surface area contributed by atoms with Crippen LogP contribution in [0.2, 0.25) is 0 Å². The average molecular weight is 429 g/mol. The van der Waals surface area contributed by atoms with Gasteiger partial charge in [-0.25, -0.2) is 18.1 Å². The third-order valence-electron chi connectivity index (χ3n) is 3.49. The molecule has 1 aromatic carbocycles. The van der Waals surface area contributed by atoms with Gasteiger partial charge in [0.05, 0.1) is 20.6 Å². The lowest BCUT2D eigenvalue weighted by Crippen LogP contribution is -2.18. The topological polar surface area (TPSA) is 131 Å². The van der Waals surface area contributed by atoms with E-state index < -0.39 is 15.9 Å². The van der Waals surface area contributed by atoms with E-state index in [0.29, 0.717) is 11.6 Å².